The highest BCUT2D eigenvalue weighted by molar-refractivity contribution is 9.10. The fourth-order valence-electron chi connectivity index (χ4n) is 1.47. The van der Waals surface area contributed by atoms with Crippen LogP contribution in [-0.4, -0.2) is 10.8 Å². The molecule has 4 nitrogen and oxygen atoms in total. The molecule has 5 heteroatoms. The Kier molecular flexibility index (Phi) is 3.62. The maximum Gasteiger partial charge on any atom is 0.230 e. The Hall–Kier alpha value is -1.88. The second-order valence-electron chi connectivity index (χ2n) is 3.78. The highest BCUT2D eigenvalue weighted by Gasteiger charge is 2.10. The quantitative estimate of drug-likeness (QED) is 0.675. The van der Waals surface area contributed by atoms with Crippen LogP contribution in [0.3, 0.4) is 0 Å². The van der Waals surface area contributed by atoms with Crippen molar-refractivity contribution in [2.45, 2.75) is 6.92 Å². The minimum Gasteiger partial charge on any atom is -0.438 e. The topological polar surface area (TPSA) is 72.0 Å². The summed E-state index contributed by atoms with van der Waals surface area (Å²) in [6, 6.07) is 9.16. The zero-order chi connectivity index (χ0) is 13.1. The number of pyridine rings is 1. The summed E-state index contributed by atoms with van der Waals surface area (Å²) in [4.78, 5) is 4.11. The van der Waals surface area contributed by atoms with E-state index in [1.807, 2.05) is 25.1 Å². The first kappa shape index (κ1) is 12.6. The van der Waals surface area contributed by atoms with Crippen LogP contribution in [0.25, 0.3) is 0 Å². The first-order valence-electron chi connectivity index (χ1n) is 5.31. The molecule has 0 atom stereocenters. The summed E-state index contributed by atoms with van der Waals surface area (Å²) in [5.74, 6) is 0.961. The van der Waals surface area contributed by atoms with Crippen LogP contribution in [0.1, 0.15) is 11.1 Å². The Bertz CT molecular complexity index is 599. The van der Waals surface area contributed by atoms with Crippen LogP contribution in [0.5, 0.6) is 11.6 Å². The summed E-state index contributed by atoms with van der Waals surface area (Å²) in [5, 5.41) is 7.49. The van der Waals surface area contributed by atoms with Crippen molar-refractivity contribution in [1.29, 1.82) is 5.41 Å². The zero-order valence-electron chi connectivity index (χ0n) is 9.77. The predicted molar refractivity (Wildman–Crippen MR) is 74.2 cm³/mol. The molecule has 92 valence electrons. The third kappa shape index (κ3) is 2.68. The Labute approximate surface area is 113 Å². The van der Waals surface area contributed by atoms with Crippen molar-refractivity contribution in [3.8, 4) is 11.6 Å². The number of halogens is 1. The monoisotopic (exact) mass is 305 g/mol. The number of aromatic nitrogens is 1. The van der Waals surface area contributed by atoms with Crippen molar-refractivity contribution in [3.63, 3.8) is 0 Å². The molecule has 0 aliphatic carbocycles. The van der Waals surface area contributed by atoms with E-state index in [-0.39, 0.29) is 5.84 Å². The van der Waals surface area contributed by atoms with E-state index in [0.717, 1.165) is 10.0 Å². The molecule has 0 saturated carbocycles. The van der Waals surface area contributed by atoms with Gasteiger partial charge in [0.2, 0.25) is 5.88 Å². The highest BCUT2D eigenvalue weighted by Crippen LogP contribution is 2.28. The smallest absolute Gasteiger partial charge is 0.230 e. The molecule has 0 radical (unpaired) electrons. The van der Waals surface area contributed by atoms with Gasteiger partial charge >= 0.3 is 0 Å². The lowest BCUT2D eigenvalue weighted by atomic mass is 10.2. The van der Waals surface area contributed by atoms with Crippen LogP contribution in [0.15, 0.2) is 41.0 Å². The van der Waals surface area contributed by atoms with E-state index in [1.54, 1.807) is 18.3 Å². The van der Waals surface area contributed by atoms with Gasteiger partial charge in [-0.2, -0.15) is 0 Å². The normalized spacial score (nSPS) is 10.1. The van der Waals surface area contributed by atoms with Crippen molar-refractivity contribution in [2.75, 3.05) is 0 Å². The van der Waals surface area contributed by atoms with E-state index in [9.17, 15) is 0 Å². The second kappa shape index (κ2) is 5.18. The fourth-order valence-corrected chi connectivity index (χ4v) is 1.81. The molecule has 1 aromatic heterocycles. The van der Waals surface area contributed by atoms with Gasteiger partial charge in [0.15, 0.2) is 0 Å². The minimum atomic E-state index is -0.0641. The number of ether oxygens (including phenoxy) is 1. The van der Waals surface area contributed by atoms with E-state index in [2.05, 4.69) is 20.9 Å². The van der Waals surface area contributed by atoms with Gasteiger partial charge in [-0.25, -0.2) is 4.98 Å². The Morgan fingerprint density at radius 1 is 1.39 bits per heavy atom. The van der Waals surface area contributed by atoms with Crippen LogP contribution in [0.2, 0.25) is 0 Å². The standard InChI is InChI=1S/C13H12BrN3O/c1-8-4-5-9(14)7-11(8)18-13-10(12(15)16)3-2-6-17-13/h2-7H,1H3,(H3,15,16). The molecule has 0 unspecified atom stereocenters. The number of nitrogens with one attached hydrogen (secondary N) is 1. The predicted octanol–water partition coefficient (Wildman–Crippen LogP) is 3.23. The number of nitrogens with zero attached hydrogens (tertiary/aromatic N) is 1. The number of nitrogens with two attached hydrogens (primary N) is 1. The molecule has 1 heterocycles. The minimum absolute atomic E-state index is 0.0641. The van der Waals surface area contributed by atoms with E-state index >= 15 is 0 Å². The van der Waals surface area contributed by atoms with Gasteiger partial charge in [0, 0.05) is 10.7 Å². The van der Waals surface area contributed by atoms with Crippen LogP contribution in [-0.2, 0) is 0 Å². The van der Waals surface area contributed by atoms with Crippen molar-refractivity contribution in [1.82, 2.24) is 4.98 Å². The lowest BCUT2D eigenvalue weighted by Gasteiger charge is -2.11. The lowest BCUT2D eigenvalue weighted by Crippen LogP contribution is -2.13. The lowest BCUT2D eigenvalue weighted by molar-refractivity contribution is 0.458. The molecule has 1 aromatic carbocycles. The van der Waals surface area contributed by atoms with Crippen molar-refractivity contribution in [2.24, 2.45) is 5.73 Å². The Balaban J connectivity index is 2.40. The molecule has 2 rings (SSSR count). The fraction of sp³-hybridized carbons (Fsp3) is 0.0769. The first-order valence-corrected chi connectivity index (χ1v) is 6.10. The molecular weight excluding hydrogens is 294 g/mol. The number of rotatable bonds is 3. The molecule has 0 spiro atoms. The molecule has 0 saturated heterocycles. The molecule has 0 amide bonds. The number of hydrogen-bond acceptors (Lipinski definition) is 3. The van der Waals surface area contributed by atoms with Gasteiger partial charge in [0.05, 0.1) is 5.56 Å². The van der Waals surface area contributed by atoms with Gasteiger partial charge < -0.3 is 10.5 Å². The number of hydrogen-bond donors (Lipinski definition) is 2. The van der Waals surface area contributed by atoms with Gasteiger partial charge in [-0.05, 0) is 36.8 Å². The molecule has 0 fully saturated rings. The van der Waals surface area contributed by atoms with Crippen molar-refractivity contribution >= 4 is 21.8 Å². The van der Waals surface area contributed by atoms with Gasteiger partial charge in [-0.3, -0.25) is 5.41 Å². The molecule has 2 aromatic rings. The van der Waals surface area contributed by atoms with Gasteiger partial charge in [-0.15, -0.1) is 0 Å². The molecule has 18 heavy (non-hydrogen) atoms. The Morgan fingerprint density at radius 2 is 2.17 bits per heavy atom. The molecule has 3 N–H and O–H groups in total. The van der Waals surface area contributed by atoms with E-state index in [4.69, 9.17) is 15.9 Å². The largest absolute Gasteiger partial charge is 0.438 e. The van der Waals surface area contributed by atoms with Crippen LogP contribution in [0.4, 0.5) is 0 Å². The summed E-state index contributed by atoms with van der Waals surface area (Å²) in [6.45, 7) is 1.94. The molecule has 0 aliphatic heterocycles. The number of aryl methyl sites for hydroxylation is 1. The van der Waals surface area contributed by atoms with Gasteiger partial charge in [-0.1, -0.05) is 22.0 Å². The van der Waals surface area contributed by atoms with Crippen LogP contribution in [0, 0.1) is 12.3 Å². The zero-order valence-corrected chi connectivity index (χ0v) is 11.4. The van der Waals surface area contributed by atoms with E-state index < -0.39 is 0 Å². The molecule has 0 aliphatic rings. The summed E-state index contributed by atoms with van der Waals surface area (Å²) in [6.07, 6.45) is 1.61. The van der Waals surface area contributed by atoms with Gasteiger partial charge in [0.25, 0.3) is 0 Å². The Morgan fingerprint density at radius 3 is 2.89 bits per heavy atom. The maximum atomic E-state index is 7.49. The number of amidine groups is 1. The summed E-state index contributed by atoms with van der Waals surface area (Å²) >= 11 is 3.39. The number of benzene rings is 1. The van der Waals surface area contributed by atoms with Crippen LogP contribution < -0.4 is 10.5 Å². The first-order chi connectivity index (χ1) is 8.58. The summed E-state index contributed by atoms with van der Waals surface area (Å²) in [5.41, 5.74) is 6.96. The summed E-state index contributed by atoms with van der Waals surface area (Å²) in [7, 11) is 0. The van der Waals surface area contributed by atoms with Crippen molar-refractivity contribution in [3.05, 3.63) is 52.1 Å². The highest BCUT2D eigenvalue weighted by atomic mass is 79.9. The number of nitrogen functional groups attached to an aromatic ring is 1. The second-order valence-corrected chi connectivity index (χ2v) is 4.70. The maximum absolute atomic E-state index is 7.49. The average molecular weight is 306 g/mol. The SMILES string of the molecule is Cc1ccc(Br)cc1Oc1ncccc1C(=N)N. The van der Waals surface area contributed by atoms with Crippen LogP contribution >= 0.6 is 15.9 Å². The summed E-state index contributed by atoms with van der Waals surface area (Å²) < 4.78 is 6.64. The molecule has 0 bridgehead atoms. The average Bonchev–Trinajstić information content (AvgIpc) is 2.34. The molecular formula is C13H12BrN3O. The van der Waals surface area contributed by atoms with E-state index in [1.165, 1.54) is 0 Å². The third-order valence-electron chi connectivity index (χ3n) is 2.42. The van der Waals surface area contributed by atoms with E-state index in [0.29, 0.717) is 17.2 Å². The van der Waals surface area contributed by atoms with Crippen molar-refractivity contribution < 1.29 is 4.74 Å². The van der Waals surface area contributed by atoms with Gasteiger partial charge in [0.1, 0.15) is 11.6 Å². The third-order valence-corrected chi connectivity index (χ3v) is 2.91.